The van der Waals surface area contributed by atoms with Gasteiger partial charge in [0.1, 0.15) is 5.84 Å². The summed E-state index contributed by atoms with van der Waals surface area (Å²) in [5.41, 5.74) is 9.27. The summed E-state index contributed by atoms with van der Waals surface area (Å²) in [6.07, 6.45) is 1.89. The van der Waals surface area contributed by atoms with Crippen LogP contribution in [0.1, 0.15) is 17.2 Å². The maximum atomic E-state index is 7.38. The molecule has 1 unspecified atom stereocenters. The Balaban J connectivity index is 1.87. The highest BCUT2D eigenvalue weighted by molar-refractivity contribution is 5.95. The smallest absolute Gasteiger partial charge is 0.122 e. The molecule has 4 heteroatoms. The number of amidine groups is 1. The summed E-state index contributed by atoms with van der Waals surface area (Å²) < 4.78 is 0. The molecule has 0 bridgehead atoms. The number of nitrogen functional groups attached to an aromatic ring is 1. The minimum atomic E-state index is 0.0518. The van der Waals surface area contributed by atoms with Crippen molar-refractivity contribution in [3.05, 3.63) is 59.7 Å². The number of nitrogens with zero attached hydrogens (tertiary/aromatic N) is 1. The predicted octanol–water partition coefficient (Wildman–Crippen LogP) is 2.84. The van der Waals surface area contributed by atoms with E-state index in [0.717, 1.165) is 22.5 Å². The summed E-state index contributed by atoms with van der Waals surface area (Å²) in [5.74, 6) is 0.0853. The van der Waals surface area contributed by atoms with Gasteiger partial charge >= 0.3 is 0 Å². The van der Waals surface area contributed by atoms with Crippen LogP contribution >= 0.6 is 0 Å². The van der Waals surface area contributed by atoms with Gasteiger partial charge in [-0.3, -0.25) is 10.4 Å². The Morgan fingerprint density at radius 3 is 2.58 bits per heavy atom. The Morgan fingerprint density at radius 2 is 1.84 bits per heavy atom. The molecule has 0 fully saturated rings. The molecule has 3 rings (SSSR count). The number of para-hydroxylation sites is 2. The molecule has 0 amide bonds. The van der Waals surface area contributed by atoms with Gasteiger partial charge in [-0.15, -0.1) is 0 Å². The number of rotatable bonds is 2. The first-order chi connectivity index (χ1) is 9.24. The first-order valence-electron chi connectivity index (χ1n) is 6.08. The highest BCUT2D eigenvalue weighted by atomic mass is 15.0. The Kier molecular flexibility index (Phi) is 2.76. The lowest BCUT2D eigenvalue weighted by molar-refractivity contribution is 1.04. The van der Waals surface area contributed by atoms with Gasteiger partial charge in [-0.05, 0) is 17.7 Å². The molecular formula is C15H14N4. The number of benzene rings is 2. The predicted molar refractivity (Wildman–Crippen MR) is 78.4 cm³/mol. The molecule has 2 aromatic rings. The second-order valence-corrected chi connectivity index (χ2v) is 4.45. The van der Waals surface area contributed by atoms with Crippen molar-refractivity contribution >= 4 is 23.4 Å². The standard InChI is InChI=1S/C15H14N4/c16-15(17)11-7-5-10(6-8-11)14-9-18-12-3-1-2-4-13(12)19-14/h1-9,14,19H,(H3,16,17). The van der Waals surface area contributed by atoms with E-state index in [1.54, 1.807) is 0 Å². The Labute approximate surface area is 111 Å². The van der Waals surface area contributed by atoms with Crippen molar-refractivity contribution in [2.24, 2.45) is 10.7 Å². The third kappa shape index (κ3) is 2.20. The van der Waals surface area contributed by atoms with Crippen molar-refractivity contribution in [1.29, 1.82) is 5.41 Å². The molecule has 2 aromatic carbocycles. The van der Waals surface area contributed by atoms with E-state index in [9.17, 15) is 0 Å². The van der Waals surface area contributed by atoms with Crippen LogP contribution in [0.4, 0.5) is 11.4 Å². The molecule has 1 aliphatic rings. The molecule has 0 aromatic heterocycles. The zero-order valence-corrected chi connectivity index (χ0v) is 10.3. The van der Waals surface area contributed by atoms with Gasteiger partial charge < -0.3 is 11.1 Å². The third-order valence-electron chi connectivity index (χ3n) is 3.16. The van der Waals surface area contributed by atoms with Crippen LogP contribution in [-0.2, 0) is 0 Å². The van der Waals surface area contributed by atoms with E-state index < -0.39 is 0 Å². The van der Waals surface area contributed by atoms with Crippen LogP contribution in [0.5, 0.6) is 0 Å². The number of aliphatic imine (C=N–C) groups is 1. The van der Waals surface area contributed by atoms with E-state index in [-0.39, 0.29) is 11.9 Å². The average Bonchev–Trinajstić information content (AvgIpc) is 2.47. The normalized spacial score (nSPS) is 16.5. The van der Waals surface area contributed by atoms with Gasteiger partial charge in [0.25, 0.3) is 0 Å². The average molecular weight is 250 g/mol. The van der Waals surface area contributed by atoms with Crippen molar-refractivity contribution in [2.75, 3.05) is 5.32 Å². The van der Waals surface area contributed by atoms with Crippen LogP contribution in [0.3, 0.4) is 0 Å². The Morgan fingerprint density at radius 1 is 1.11 bits per heavy atom. The van der Waals surface area contributed by atoms with Gasteiger partial charge in [-0.25, -0.2) is 0 Å². The fourth-order valence-electron chi connectivity index (χ4n) is 2.11. The molecule has 1 aliphatic heterocycles. The van der Waals surface area contributed by atoms with Crippen LogP contribution in [0, 0.1) is 5.41 Å². The summed E-state index contributed by atoms with van der Waals surface area (Å²) in [5, 5.41) is 10.8. The first kappa shape index (κ1) is 11.5. The molecule has 1 atom stereocenters. The van der Waals surface area contributed by atoms with Crippen molar-refractivity contribution in [1.82, 2.24) is 0 Å². The van der Waals surface area contributed by atoms with Gasteiger partial charge in [0.05, 0.1) is 17.4 Å². The van der Waals surface area contributed by atoms with E-state index in [2.05, 4.69) is 10.3 Å². The van der Waals surface area contributed by atoms with E-state index in [4.69, 9.17) is 11.1 Å². The van der Waals surface area contributed by atoms with E-state index in [0.29, 0.717) is 0 Å². The van der Waals surface area contributed by atoms with Crippen molar-refractivity contribution < 1.29 is 0 Å². The minimum Gasteiger partial charge on any atom is -0.384 e. The minimum absolute atomic E-state index is 0.0518. The fraction of sp³-hybridized carbons (Fsp3) is 0.0667. The van der Waals surface area contributed by atoms with Crippen LogP contribution < -0.4 is 11.1 Å². The molecule has 1 heterocycles. The highest BCUT2D eigenvalue weighted by Crippen LogP contribution is 2.31. The lowest BCUT2D eigenvalue weighted by Gasteiger charge is -2.21. The molecule has 0 radical (unpaired) electrons. The van der Waals surface area contributed by atoms with Crippen molar-refractivity contribution in [3.8, 4) is 0 Å². The number of anilines is 1. The fourth-order valence-corrected chi connectivity index (χ4v) is 2.11. The molecule has 19 heavy (non-hydrogen) atoms. The summed E-state index contributed by atoms with van der Waals surface area (Å²) in [4.78, 5) is 4.45. The van der Waals surface area contributed by atoms with Gasteiger partial charge in [-0.2, -0.15) is 0 Å². The Bertz CT molecular complexity index is 643. The van der Waals surface area contributed by atoms with Crippen LogP contribution in [0.25, 0.3) is 0 Å². The Hall–Kier alpha value is -2.62. The number of hydrogen-bond acceptors (Lipinski definition) is 3. The molecule has 94 valence electrons. The zero-order valence-electron chi connectivity index (χ0n) is 10.3. The monoisotopic (exact) mass is 250 g/mol. The largest absolute Gasteiger partial charge is 0.384 e. The summed E-state index contributed by atoms with van der Waals surface area (Å²) in [7, 11) is 0. The SMILES string of the molecule is N=C(N)c1ccc(C2C=Nc3ccccc3N2)cc1. The number of hydrogen-bond donors (Lipinski definition) is 3. The molecule has 0 aliphatic carbocycles. The summed E-state index contributed by atoms with van der Waals surface area (Å²) in [6, 6.07) is 15.7. The molecule has 4 nitrogen and oxygen atoms in total. The summed E-state index contributed by atoms with van der Waals surface area (Å²) >= 11 is 0. The maximum Gasteiger partial charge on any atom is 0.122 e. The second-order valence-electron chi connectivity index (χ2n) is 4.45. The van der Waals surface area contributed by atoms with Crippen LogP contribution in [-0.4, -0.2) is 12.1 Å². The second kappa shape index (κ2) is 4.57. The first-order valence-corrected chi connectivity index (χ1v) is 6.08. The molecule has 0 saturated heterocycles. The van der Waals surface area contributed by atoms with Gasteiger partial charge in [-0.1, -0.05) is 36.4 Å². The van der Waals surface area contributed by atoms with E-state index in [1.165, 1.54) is 0 Å². The number of fused-ring (bicyclic) bond motifs is 1. The van der Waals surface area contributed by atoms with Crippen molar-refractivity contribution in [2.45, 2.75) is 6.04 Å². The lowest BCUT2D eigenvalue weighted by atomic mass is 10.0. The van der Waals surface area contributed by atoms with Gasteiger partial charge in [0.15, 0.2) is 0 Å². The van der Waals surface area contributed by atoms with E-state index in [1.807, 2.05) is 54.7 Å². The third-order valence-corrected chi connectivity index (χ3v) is 3.16. The van der Waals surface area contributed by atoms with Crippen molar-refractivity contribution in [3.63, 3.8) is 0 Å². The quantitative estimate of drug-likeness (QED) is 0.566. The van der Waals surface area contributed by atoms with E-state index >= 15 is 0 Å². The number of nitrogens with two attached hydrogens (primary N) is 1. The van der Waals surface area contributed by atoms with Gasteiger partial charge in [0, 0.05) is 11.8 Å². The van der Waals surface area contributed by atoms with Gasteiger partial charge in [0.2, 0.25) is 0 Å². The maximum absolute atomic E-state index is 7.38. The topological polar surface area (TPSA) is 74.3 Å². The molecule has 4 N–H and O–H groups in total. The zero-order chi connectivity index (χ0) is 13.2. The molecule has 0 spiro atoms. The summed E-state index contributed by atoms with van der Waals surface area (Å²) in [6.45, 7) is 0. The molecular weight excluding hydrogens is 236 g/mol. The molecule has 0 saturated carbocycles. The van der Waals surface area contributed by atoms with Crippen LogP contribution in [0.15, 0.2) is 53.5 Å². The number of nitrogens with one attached hydrogen (secondary N) is 2. The highest BCUT2D eigenvalue weighted by Gasteiger charge is 2.14. The lowest BCUT2D eigenvalue weighted by Crippen LogP contribution is -2.16. The van der Waals surface area contributed by atoms with Crippen LogP contribution in [0.2, 0.25) is 0 Å².